The molecule has 164 valence electrons. The molecule has 1 N–H and O–H groups in total. The number of likely N-dealkylation sites (N-methyl/N-ethyl adjacent to an activating group) is 1. The van der Waals surface area contributed by atoms with Crippen molar-refractivity contribution >= 4 is 28.9 Å². The van der Waals surface area contributed by atoms with Gasteiger partial charge < -0.3 is 0 Å². The van der Waals surface area contributed by atoms with Gasteiger partial charge >= 0.3 is 192 Å². The first-order valence-electron chi connectivity index (χ1n) is 11.4. The molecule has 0 heterocycles. The minimum absolute atomic E-state index is 0.168. The number of nitrogens with zero attached hydrogens (tertiary/aromatic N) is 1. The molecule has 0 radical (unpaired) electrons. The molecule has 0 fully saturated rings. The minimum atomic E-state index is -2.29. The van der Waals surface area contributed by atoms with E-state index in [2.05, 4.69) is 127 Å². The summed E-state index contributed by atoms with van der Waals surface area (Å²) in [5.74, 6) is 0. The molecule has 0 saturated heterocycles. The van der Waals surface area contributed by atoms with E-state index in [1.54, 1.807) is 0 Å². The van der Waals surface area contributed by atoms with Crippen molar-refractivity contribution in [1.29, 1.82) is 0 Å². The Balaban J connectivity index is 1.83. The Morgan fingerprint density at radius 2 is 1.06 bits per heavy atom. The van der Waals surface area contributed by atoms with Crippen LogP contribution < -0.4 is 20.8 Å². The molecule has 2 nitrogen and oxygen atoms in total. The average molecular weight is 442 g/mol. The zero-order valence-electron chi connectivity index (χ0n) is 18.7. The second-order valence-corrected chi connectivity index (χ2v) is 12.0. The van der Waals surface area contributed by atoms with Crippen molar-refractivity contribution in [2.75, 3.05) is 24.6 Å². The molecule has 0 atom stereocenters. The van der Waals surface area contributed by atoms with Gasteiger partial charge in [-0.3, -0.25) is 0 Å². The van der Waals surface area contributed by atoms with Crippen LogP contribution in [0.1, 0.15) is 12.5 Å². The summed E-state index contributed by atoms with van der Waals surface area (Å²) < 4.78 is 0. The van der Waals surface area contributed by atoms with Crippen molar-refractivity contribution in [1.82, 2.24) is 0 Å². The van der Waals surface area contributed by atoms with Crippen molar-refractivity contribution in [3.8, 4) is 0 Å². The van der Waals surface area contributed by atoms with Crippen molar-refractivity contribution in [3.05, 3.63) is 121 Å². The predicted octanol–water partition coefficient (Wildman–Crippen LogP) is 4.73. The zero-order chi connectivity index (χ0) is 22.2. The molecule has 3 heteroatoms. The molecule has 4 rings (SSSR count). The van der Waals surface area contributed by atoms with Gasteiger partial charge in [0, 0.05) is 0 Å². The van der Waals surface area contributed by atoms with Gasteiger partial charge in [0.1, 0.15) is 0 Å². The Kier molecular flexibility index (Phi) is 7.37. The fraction of sp³-hybridized carbons (Fsp3) is 0.172. The number of rotatable bonds is 9. The summed E-state index contributed by atoms with van der Waals surface area (Å²) in [6, 6.07) is 42.1. The monoisotopic (exact) mass is 441 g/mol. The van der Waals surface area contributed by atoms with E-state index < -0.39 is 7.26 Å². The van der Waals surface area contributed by atoms with E-state index in [-0.39, 0.29) is 6.61 Å². The van der Waals surface area contributed by atoms with Crippen molar-refractivity contribution in [2.24, 2.45) is 0 Å². The Labute approximate surface area is 192 Å². The molecule has 4 aromatic rings. The Morgan fingerprint density at radius 3 is 1.44 bits per heavy atom. The molecular formula is C29H32NOP. The van der Waals surface area contributed by atoms with Crippen LogP contribution in [-0.4, -0.2) is 24.8 Å². The van der Waals surface area contributed by atoms with Gasteiger partial charge in [-0.15, -0.1) is 0 Å². The van der Waals surface area contributed by atoms with Crippen LogP contribution in [0.4, 0.5) is 5.69 Å². The Hall–Kier alpha value is -2.93. The number of anilines is 1. The SMILES string of the molecule is CCN(CCO)c1ccc(C[PH](c2ccccc2)(c2ccccc2)c2ccccc2)cc1. The van der Waals surface area contributed by atoms with Gasteiger partial charge in [-0.1, -0.05) is 0 Å². The van der Waals surface area contributed by atoms with Crippen molar-refractivity contribution < 1.29 is 5.11 Å². The maximum absolute atomic E-state index is 9.38. The van der Waals surface area contributed by atoms with Crippen LogP contribution >= 0.6 is 7.26 Å². The number of hydrogen-bond acceptors (Lipinski definition) is 2. The van der Waals surface area contributed by atoms with E-state index in [9.17, 15) is 5.11 Å². The molecule has 0 aliphatic heterocycles. The van der Waals surface area contributed by atoms with Crippen LogP contribution in [0, 0.1) is 0 Å². The van der Waals surface area contributed by atoms with Gasteiger partial charge in [-0.05, 0) is 0 Å². The van der Waals surface area contributed by atoms with Gasteiger partial charge in [-0.2, -0.15) is 0 Å². The molecule has 0 aliphatic rings. The first-order valence-corrected chi connectivity index (χ1v) is 13.6. The van der Waals surface area contributed by atoms with Crippen molar-refractivity contribution in [3.63, 3.8) is 0 Å². The Morgan fingerprint density at radius 1 is 0.625 bits per heavy atom. The maximum atomic E-state index is 9.38. The zero-order valence-corrected chi connectivity index (χ0v) is 19.7. The van der Waals surface area contributed by atoms with Gasteiger partial charge in [0.05, 0.1) is 0 Å². The van der Waals surface area contributed by atoms with E-state index in [1.165, 1.54) is 21.5 Å². The standard InChI is InChI=1S/C29H32NOP/c1-2-30(22-23-31)26-20-18-25(19-21-26)24-32(27-12-6-3-7-13-27,28-14-8-4-9-15-28)29-16-10-5-11-17-29/h3-21,31-32H,2,22-24H2,1H3. The summed E-state index contributed by atoms with van der Waals surface area (Å²) in [4.78, 5) is 2.21. The summed E-state index contributed by atoms with van der Waals surface area (Å²) in [5.41, 5.74) is 2.51. The number of aliphatic hydroxyl groups excluding tert-OH is 1. The third-order valence-corrected chi connectivity index (χ3v) is 11.2. The van der Waals surface area contributed by atoms with Crippen molar-refractivity contribution in [2.45, 2.75) is 13.1 Å². The van der Waals surface area contributed by atoms with Crippen LogP contribution in [0.15, 0.2) is 115 Å². The van der Waals surface area contributed by atoms with E-state index >= 15 is 0 Å². The van der Waals surface area contributed by atoms with E-state index in [0.29, 0.717) is 6.54 Å². The number of aliphatic hydroxyl groups is 1. The van der Waals surface area contributed by atoms with Gasteiger partial charge in [0.2, 0.25) is 0 Å². The fourth-order valence-electron chi connectivity index (χ4n) is 4.70. The average Bonchev–Trinajstić information content (AvgIpc) is 2.88. The van der Waals surface area contributed by atoms with Gasteiger partial charge in [-0.25, -0.2) is 0 Å². The first-order chi connectivity index (χ1) is 15.8. The quantitative estimate of drug-likeness (QED) is 0.380. The van der Waals surface area contributed by atoms with E-state index in [0.717, 1.165) is 18.4 Å². The summed E-state index contributed by atoms with van der Waals surface area (Å²) in [6.07, 6.45) is 0.997. The Bertz CT molecular complexity index is 986. The predicted molar refractivity (Wildman–Crippen MR) is 142 cm³/mol. The van der Waals surface area contributed by atoms with E-state index in [1.807, 2.05) is 0 Å². The van der Waals surface area contributed by atoms with Gasteiger partial charge in [0.15, 0.2) is 0 Å². The van der Waals surface area contributed by atoms with Crippen LogP contribution in [0.3, 0.4) is 0 Å². The fourth-order valence-corrected chi connectivity index (χ4v) is 9.44. The van der Waals surface area contributed by atoms with Crippen LogP contribution in [0.25, 0.3) is 0 Å². The molecule has 0 spiro atoms. The summed E-state index contributed by atoms with van der Waals surface area (Å²) in [6.45, 7) is 3.84. The first kappa shape index (κ1) is 22.3. The molecule has 0 bridgehead atoms. The molecule has 0 saturated carbocycles. The van der Waals surface area contributed by atoms with Crippen LogP contribution in [-0.2, 0) is 6.16 Å². The summed E-state index contributed by atoms with van der Waals surface area (Å²) in [7, 11) is -2.29. The molecule has 0 aromatic heterocycles. The van der Waals surface area contributed by atoms with Gasteiger partial charge in [0.25, 0.3) is 0 Å². The molecule has 0 amide bonds. The van der Waals surface area contributed by atoms with Crippen LogP contribution in [0.2, 0.25) is 0 Å². The molecule has 4 aromatic carbocycles. The molecule has 0 aliphatic carbocycles. The number of benzene rings is 4. The second-order valence-electron chi connectivity index (χ2n) is 8.15. The number of hydrogen-bond donors (Lipinski definition) is 1. The summed E-state index contributed by atoms with van der Waals surface area (Å²) >= 11 is 0. The molecule has 32 heavy (non-hydrogen) atoms. The second kappa shape index (κ2) is 10.6. The molecule has 0 unspecified atom stereocenters. The third kappa shape index (κ3) is 4.63. The third-order valence-electron chi connectivity index (χ3n) is 6.32. The van der Waals surface area contributed by atoms with Crippen LogP contribution in [0.5, 0.6) is 0 Å². The van der Waals surface area contributed by atoms with E-state index in [4.69, 9.17) is 0 Å². The normalized spacial score (nSPS) is 11.8. The topological polar surface area (TPSA) is 23.5 Å². The molecular weight excluding hydrogens is 409 g/mol. The summed E-state index contributed by atoms with van der Waals surface area (Å²) in [5, 5.41) is 13.7.